The molecule has 1 unspecified atom stereocenters. The van der Waals surface area contributed by atoms with Crippen LogP contribution in [-0.2, 0) is 6.42 Å². The molecule has 1 atom stereocenters. The monoisotopic (exact) mass is 322 g/mol. The van der Waals surface area contributed by atoms with Gasteiger partial charge < -0.3 is 9.88 Å². The maximum Gasteiger partial charge on any atom is 0.257 e. The summed E-state index contributed by atoms with van der Waals surface area (Å²) in [6.07, 6.45) is 4.74. The number of halogens is 1. The zero-order chi connectivity index (χ0) is 16.5. The average Bonchev–Trinajstić information content (AvgIpc) is 3.23. The fraction of sp³-hybridized carbons (Fsp3) is 0.250. The van der Waals surface area contributed by atoms with Crippen molar-refractivity contribution >= 4 is 16.8 Å². The van der Waals surface area contributed by atoms with Crippen LogP contribution in [0.1, 0.15) is 28.8 Å². The van der Waals surface area contributed by atoms with Crippen molar-refractivity contribution in [2.24, 2.45) is 0 Å². The standard InChI is InChI=1S/C20H19FN2O/c21-18-9-3-1-8-17(18)20(24)23-11-5-6-15(23)12-14-13-22-19-10-4-2-7-16(14)19/h1-4,7-10,13,15,22H,5-6,11-12H2. The van der Waals surface area contributed by atoms with Gasteiger partial charge in [0.15, 0.2) is 0 Å². The van der Waals surface area contributed by atoms with E-state index in [9.17, 15) is 9.18 Å². The molecule has 1 aliphatic rings. The van der Waals surface area contributed by atoms with Crippen LogP contribution in [0.5, 0.6) is 0 Å². The number of amides is 1. The third kappa shape index (κ3) is 2.58. The highest BCUT2D eigenvalue weighted by molar-refractivity contribution is 5.95. The van der Waals surface area contributed by atoms with Crippen molar-refractivity contribution in [3.63, 3.8) is 0 Å². The number of rotatable bonds is 3. The van der Waals surface area contributed by atoms with Crippen molar-refractivity contribution in [2.75, 3.05) is 6.54 Å². The number of nitrogens with one attached hydrogen (secondary N) is 1. The molecule has 0 aliphatic carbocycles. The van der Waals surface area contributed by atoms with Gasteiger partial charge in [-0.2, -0.15) is 0 Å². The highest BCUT2D eigenvalue weighted by Gasteiger charge is 2.31. The molecule has 1 saturated heterocycles. The molecular weight excluding hydrogens is 303 g/mol. The second kappa shape index (κ2) is 6.11. The summed E-state index contributed by atoms with van der Waals surface area (Å²) < 4.78 is 14.0. The van der Waals surface area contributed by atoms with E-state index in [2.05, 4.69) is 17.1 Å². The van der Waals surface area contributed by atoms with Gasteiger partial charge in [-0.3, -0.25) is 4.79 Å². The number of hydrogen-bond acceptors (Lipinski definition) is 1. The van der Waals surface area contributed by atoms with Crippen molar-refractivity contribution in [3.8, 4) is 0 Å². The van der Waals surface area contributed by atoms with Crippen molar-refractivity contribution in [3.05, 3.63) is 71.7 Å². The zero-order valence-electron chi connectivity index (χ0n) is 13.3. The van der Waals surface area contributed by atoms with Gasteiger partial charge >= 0.3 is 0 Å². The van der Waals surface area contributed by atoms with E-state index < -0.39 is 5.82 Å². The number of hydrogen-bond donors (Lipinski definition) is 1. The molecule has 2 aromatic carbocycles. The number of fused-ring (bicyclic) bond motifs is 1. The molecule has 1 N–H and O–H groups in total. The van der Waals surface area contributed by atoms with Crippen molar-refractivity contribution in [1.29, 1.82) is 0 Å². The van der Waals surface area contributed by atoms with Crippen molar-refractivity contribution in [1.82, 2.24) is 9.88 Å². The summed E-state index contributed by atoms with van der Waals surface area (Å²) in [6, 6.07) is 14.5. The first-order chi connectivity index (χ1) is 11.7. The van der Waals surface area contributed by atoms with Crippen LogP contribution in [0.2, 0.25) is 0 Å². The molecule has 4 heteroatoms. The number of aromatic nitrogens is 1. The summed E-state index contributed by atoms with van der Waals surface area (Å²) in [4.78, 5) is 17.9. The minimum Gasteiger partial charge on any atom is -0.361 e. The molecule has 0 saturated carbocycles. The third-order valence-electron chi connectivity index (χ3n) is 4.87. The summed E-state index contributed by atoms with van der Waals surface area (Å²) in [5.41, 5.74) is 2.49. The highest BCUT2D eigenvalue weighted by Crippen LogP contribution is 2.27. The molecule has 1 amide bonds. The van der Waals surface area contributed by atoms with E-state index >= 15 is 0 Å². The maximum atomic E-state index is 14.0. The molecule has 4 rings (SSSR count). The van der Waals surface area contributed by atoms with Gasteiger partial charge in [-0.1, -0.05) is 30.3 Å². The Labute approximate surface area is 140 Å². The summed E-state index contributed by atoms with van der Waals surface area (Å²) in [6.45, 7) is 0.695. The van der Waals surface area contributed by atoms with Crippen molar-refractivity contribution < 1.29 is 9.18 Å². The molecule has 3 aromatic rings. The number of para-hydroxylation sites is 1. The van der Waals surface area contributed by atoms with Crippen LogP contribution < -0.4 is 0 Å². The zero-order valence-corrected chi connectivity index (χ0v) is 13.3. The Bertz CT molecular complexity index is 886. The van der Waals surface area contributed by atoms with E-state index in [0.717, 1.165) is 24.8 Å². The van der Waals surface area contributed by atoms with Gasteiger partial charge in [-0.15, -0.1) is 0 Å². The number of carbonyl (C=O) groups excluding carboxylic acids is 1. The fourth-order valence-electron chi connectivity index (χ4n) is 3.66. The van der Waals surface area contributed by atoms with Crippen LogP contribution in [0.3, 0.4) is 0 Å². The Morgan fingerprint density at radius 2 is 1.96 bits per heavy atom. The van der Waals surface area contributed by atoms with Gasteiger partial charge in [0, 0.05) is 29.7 Å². The molecule has 1 aromatic heterocycles. The lowest BCUT2D eigenvalue weighted by Crippen LogP contribution is -2.37. The normalized spacial score (nSPS) is 17.5. The first kappa shape index (κ1) is 14.9. The van der Waals surface area contributed by atoms with Crippen LogP contribution in [0.25, 0.3) is 10.9 Å². The molecule has 0 bridgehead atoms. The summed E-state index contributed by atoms with van der Waals surface area (Å²) in [5, 5.41) is 1.20. The Morgan fingerprint density at radius 1 is 1.17 bits per heavy atom. The number of carbonyl (C=O) groups is 1. The van der Waals surface area contributed by atoms with Gasteiger partial charge in [0.25, 0.3) is 5.91 Å². The van der Waals surface area contributed by atoms with E-state index in [0.29, 0.717) is 6.54 Å². The van der Waals surface area contributed by atoms with Crippen LogP contribution >= 0.6 is 0 Å². The largest absolute Gasteiger partial charge is 0.361 e. The predicted octanol–water partition coefficient (Wildman–Crippen LogP) is 4.15. The number of H-pyrrole nitrogens is 1. The fourth-order valence-corrected chi connectivity index (χ4v) is 3.66. The minimum absolute atomic E-state index is 0.122. The predicted molar refractivity (Wildman–Crippen MR) is 92.5 cm³/mol. The quantitative estimate of drug-likeness (QED) is 0.772. The number of nitrogens with zero attached hydrogens (tertiary/aromatic N) is 1. The molecule has 3 nitrogen and oxygen atoms in total. The van der Waals surface area contributed by atoms with Crippen LogP contribution in [-0.4, -0.2) is 28.4 Å². The molecule has 0 spiro atoms. The lowest BCUT2D eigenvalue weighted by Gasteiger charge is -2.25. The molecule has 1 fully saturated rings. The topological polar surface area (TPSA) is 36.1 Å². The number of aromatic amines is 1. The van der Waals surface area contributed by atoms with E-state index in [1.54, 1.807) is 18.2 Å². The third-order valence-corrected chi connectivity index (χ3v) is 4.87. The first-order valence-corrected chi connectivity index (χ1v) is 8.34. The SMILES string of the molecule is O=C(c1ccccc1F)N1CCCC1Cc1c[nH]c2ccccc12. The van der Waals surface area contributed by atoms with E-state index in [-0.39, 0.29) is 17.5 Å². The van der Waals surface area contributed by atoms with E-state index in [4.69, 9.17) is 0 Å². The smallest absolute Gasteiger partial charge is 0.257 e. The molecule has 1 aliphatic heterocycles. The molecule has 0 radical (unpaired) electrons. The van der Waals surface area contributed by atoms with Crippen LogP contribution in [0.4, 0.5) is 4.39 Å². The molecular formula is C20H19FN2O. The summed E-state index contributed by atoms with van der Waals surface area (Å²) in [7, 11) is 0. The Balaban J connectivity index is 1.59. The minimum atomic E-state index is -0.444. The van der Waals surface area contributed by atoms with Crippen LogP contribution in [0.15, 0.2) is 54.7 Å². The Morgan fingerprint density at radius 3 is 2.83 bits per heavy atom. The highest BCUT2D eigenvalue weighted by atomic mass is 19.1. The summed E-state index contributed by atoms with van der Waals surface area (Å²) in [5.74, 6) is -0.643. The van der Waals surface area contributed by atoms with Crippen molar-refractivity contribution in [2.45, 2.75) is 25.3 Å². The van der Waals surface area contributed by atoms with Gasteiger partial charge in [0.05, 0.1) is 5.56 Å². The Hall–Kier alpha value is -2.62. The van der Waals surface area contributed by atoms with Crippen LogP contribution in [0, 0.1) is 5.82 Å². The summed E-state index contributed by atoms with van der Waals surface area (Å²) >= 11 is 0. The van der Waals surface area contributed by atoms with Gasteiger partial charge in [-0.05, 0) is 43.0 Å². The second-order valence-corrected chi connectivity index (χ2v) is 6.34. The van der Waals surface area contributed by atoms with Gasteiger partial charge in [-0.25, -0.2) is 4.39 Å². The number of benzene rings is 2. The molecule has 2 heterocycles. The van der Waals surface area contributed by atoms with E-state index in [1.807, 2.05) is 23.2 Å². The average molecular weight is 322 g/mol. The van der Waals surface area contributed by atoms with E-state index in [1.165, 1.54) is 17.0 Å². The van der Waals surface area contributed by atoms with Gasteiger partial charge in [0.1, 0.15) is 5.82 Å². The lowest BCUT2D eigenvalue weighted by molar-refractivity contribution is 0.0732. The lowest BCUT2D eigenvalue weighted by atomic mass is 10.0. The maximum absolute atomic E-state index is 14.0. The van der Waals surface area contributed by atoms with Gasteiger partial charge in [0.2, 0.25) is 0 Å². The first-order valence-electron chi connectivity index (χ1n) is 8.34. The molecule has 122 valence electrons. The second-order valence-electron chi connectivity index (χ2n) is 6.34. The Kier molecular flexibility index (Phi) is 3.81. The molecule has 24 heavy (non-hydrogen) atoms. The number of likely N-dealkylation sites (tertiary alicyclic amines) is 1.